The number of rotatable bonds is 3. The van der Waals surface area contributed by atoms with Crippen molar-refractivity contribution in [2.45, 2.75) is 19.3 Å². The number of aromatic nitrogens is 1. The van der Waals surface area contributed by atoms with Gasteiger partial charge in [-0.1, -0.05) is 0 Å². The lowest BCUT2D eigenvalue weighted by Gasteiger charge is -2.15. The number of nitrogens with two attached hydrogens (primary N) is 1. The van der Waals surface area contributed by atoms with Crippen LogP contribution in [0.5, 0.6) is 5.75 Å². The topological polar surface area (TPSA) is 48.1 Å². The fourth-order valence-corrected chi connectivity index (χ4v) is 1.74. The van der Waals surface area contributed by atoms with E-state index in [9.17, 15) is 22.0 Å². The largest absolute Gasteiger partial charge is 0.573 e. The van der Waals surface area contributed by atoms with Crippen LogP contribution in [-0.2, 0) is 6.54 Å². The molecule has 0 saturated heterocycles. The Morgan fingerprint density at radius 1 is 1.41 bits per heavy atom. The van der Waals surface area contributed by atoms with Crippen molar-refractivity contribution in [1.29, 1.82) is 0 Å². The van der Waals surface area contributed by atoms with Crippen LogP contribution in [0.25, 0.3) is 0 Å². The predicted octanol–water partition coefficient (Wildman–Crippen LogP) is 2.98. The van der Waals surface area contributed by atoms with E-state index in [4.69, 9.17) is 5.73 Å². The normalized spacial score (nSPS) is 12.0. The summed E-state index contributed by atoms with van der Waals surface area (Å²) in [6, 6.07) is 1.16. The van der Waals surface area contributed by atoms with Crippen molar-refractivity contribution in [2.24, 2.45) is 5.73 Å². The fraction of sp³-hybridized carbons (Fsp3) is 0.375. The van der Waals surface area contributed by atoms with Crippen LogP contribution in [-0.4, -0.2) is 11.3 Å². The van der Waals surface area contributed by atoms with Gasteiger partial charge in [-0.15, -0.1) is 13.2 Å². The standard InChI is InChI=1S/C8H6F5IN2O/c9-7(10)5-6(17-8(11,12)13)3(2-15)1-4(14)16-5/h1,7H,2,15H2. The lowest BCUT2D eigenvalue weighted by molar-refractivity contribution is -0.275. The minimum Gasteiger partial charge on any atom is -0.403 e. The molecule has 0 aliphatic carbocycles. The quantitative estimate of drug-likeness (QED) is 0.507. The molecule has 0 spiro atoms. The lowest BCUT2D eigenvalue weighted by atomic mass is 10.2. The summed E-state index contributed by atoms with van der Waals surface area (Å²) >= 11 is 1.60. The van der Waals surface area contributed by atoms with E-state index in [2.05, 4.69) is 9.72 Å². The highest BCUT2D eigenvalue weighted by Crippen LogP contribution is 2.35. The molecule has 1 aromatic heterocycles. The molecular weight excluding hydrogens is 362 g/mol. The number of halogens is 6. The number of alkyl halides is 5. The van der Waals surface area contributed by atoms with Gasteiger partial charge in [-0.05, 0) is 28.7 Å². The average Bonchev–Trinajstić information content (AvgIpc) is 2.17. The summed E-state index contributed by atoms with van der Waals surface area (Å²) in [6.45, 7) is -0.357. The zero-order chi connectivity index (χ0) is 13.2. The summed E-state index contributed by atoms with van der Waals surface area (Å²) in [4.78, 5) is 3.32. The molecule has 1 rings (SSSR count). The van der Waals surface area contributed by atoms with Crippen LogP contribution in [0, 0.1) is 3.70 Å². The molecule has 0 bridgehead atoms. The van der Waals surface area contributed by atoms with Crippen molar-refractivity contribution >= 4 is 22.6 Å². The maximum Gasteiger partial charge on any atom is 0.573 e. The molecule has 96 valence electrons. The van der Waals surface area contributed by atoms with Gasteiger partial charge in [0.05, 0.1) is 0 Å². The van der Waals surface area contributed by atoms with Gasteiger partial charge in [0.1, 0.15) is 3.70 Å². The smallest absolute Gasteiger partial charge is 0.403 e. The van der Waals surface area contributed by atoms with Gasteiger partial charge in [0.2, 0.25) is 0 Å². The van der Waals surface area contributed by atoms with E-state index in [0.717, 1.165) is 6.07 Å². The molecular formula is C8H6F5IN2O. The SMILES string of the molecule is NCc1cc(I)nc(C(F)F)c1OC(F)(F)F. The number of pyridine rings is 1. The molecule has 0 aliphatic heterocycles. The Bertz CT molecular complexity index is 410. The maximum absolute atomic E-state index is 12.5. The van der Waals surface area contributed by atoms with Gasteiger partial charge in [-0.3, -0.25) is 0 Å². The Morgan fingerprint density at radius 3 is 2.41 bits per heavy atom. The molecule has 17 heavy (non-hydrogen) atoms. The van der Waals surface area contributed by atoms with Crippen LogP contribution in [0.15, 0.2) is 6.07 Å². The molecule has 0 unspecified atom stereocenters. The van der Waals surface area contributed by atoms with Crippen LogP contribution in [0.2, 0.25) is 0 Å². The summed E-state index contributed by atoms with van der Waals surface area (Å²) in [5.74, 6) is -1.02. The van der Waals surface area contributed by atoms with Crippen LogP contribution in [0.4, 0.5) is 22.0 Å². The first-order valence-corrected chi connectivity index (χ1v) is 5.25. The monoisotopic (exact) mass is 368 g/mol. The number of ether oxygens (including phenoxy) is 1. The first-order valence-electron chi connectivity index (χ1n) is 4.18. The highest BCUT2D eigenvalue weighted by atomic mass is 127. The maximum atomic E-state index is 12.5. The van der Waals surface area contributed by atoms with Crippen LogP contribution >= 0.6 is 22.6 Å². The molecule has 0 amide bonds. The van der Waals surface area contributed by atoms with Gasteiger partial charge in [-0.25, -0.2) is 13.8 Å². The molecule has 1 heterocycles. The molecule has 2 N–H and O–H groups in total. The highest BCUT2D eigenvalue weighted by Gasteiger charge is 2.35. The summed E-state index contributed by atoms with van der Waals surface area (Å²) in [6.07, 6.45) is -8.24. The van der Waals surface area contributed by atoms with Crippen molar-refractivity contribution in [1.82, 2.24) is 4.98 Å². The molecule has 0 radical (unpaired) electrons. The van der Waals surface area contributed by atoms with Gasteiger partial charge in [0.25, 0.3) is 6.43 Å². The molecule has 0 aromatic carbocycles. The van der Waals surface area contributed by atoms with Crippen molar-refractivity contribution in [3.05, 3.63) is 21.0 Å². The summed E-state index contributed by atoms with van der Waals surface area (Å²) in [7, 11) is 0. The van der Waals surface area contributed by atoms with E-state index >= 15 is 0 Å². The van der Waals surface area contributed by atoms with Crippen LogP contribution < -0.4 is 10.5 Å². The van der Waals surface area contributed by atoms with Gasteiger partial charge in [0.15, 0.2) is 11.4 Å². The third-order valence-electron chi connectivity index (χ3n) is 1.69. The number of hydrogen-bond donors (Lipinski definition) is 1. The summed E-state index contributed by atoms with van der Waals surface area (Å²) in [5.41, 5.74) is 3.95. The van der Waals surface area contributed by atoms with Crippen molar-refractivity contribution in [3.63, 3.8) is 0 Å². The average molecular weight is 368 g/mol. The van der Waals surface area contributed by atoms with Crippen molar-refractivity contribution in [2.75, 3.05) is 0 Å². The molecule has 0 saturated carbocycles. The first kappa shape index (κ1) is 14.4. The summed E-state index contributed by atoms with van der Waals surface area (Å²) < 4.78 is 64.9. The van der Waals surface area contributed by atoms with E-state index < -0.39 is 24.2 Å². The molecule has 9 heteroatoms. The molecule has 3 nitrogen and oxygen atoms in total. The zero-order valence-corrected chi connectivity index (χ0v) is 10.2. The Hall–Kier alpha value is -0.710. The number of nitrogens with zero attached hydrogens (tertiary/aromatic N) is 1. The second-order valence-electron chi connectivity index (χ2n) is 2.87. The second kappa shape index (κ2) is 5.29. The first-order chi connectivity index (χ1) is 7.74. The van der Waals surface area contributed by atoms with Crippen molar-refractivity contribution < 1.29 is 26.7 Å². The van der Waals surface area contributed by atoms with Gasteiger partial charge in [-0.2, -0.15) is 0 Å². The van der Waals surface area contributed by atoms with E-state index in [-0.39, 0.29) is 15.8 Å². The Balaban J connectivity index is 3.32. The minimum absolute atomic E-state index is 0.118. The van der Waals surface area contributed by atoms with Crippen LogP contribution in [0.3, 0.4) is 0 Å². The third kappa shape index (κ3) is 3.91. The Morgan fingerprint density at radius 2 is 2.00 bits per heavy atom. The summed E-state index contributed by atoms with van der Waals surface area (Å²) in [5, 5.41) is 0. The number of hydrogen-bond acceptors (Lipinski definition) is 3. The van der Waals surface area contributed by atoms with E-state index in [1.165, 1.54) is 0 Å². The molecule has 0 aliphatic rings. The second-order valence-corrected chi connectivity index (χ2v) is 3.98. The Kier molecular flexibility index (Phi) is 4.47. The van der Waals surface area contributed by atoms with Gasteiger partial charge < -0.3 is 10.5 Å². The highest BCUT2D eigenvalue weighted by molar-refractivity contribution is 14.1. The minimum atomic E-state index is -5.07. The lowest BCUT2D eigenvalue weighted by Crippen LogP contribution is -2.21. The fourth-order valence-electron chi connectivity index (χ4n) is 1.11. The predicted molar refractivity (Wildman–Crippen MR) is 56.5 cm³/mol. The van der Waals surface area contributed by atoms with E-state index in [0.29, 0.717) is 0 Å². The van der Waals surface area contributed by atoms with Gasteiger partial charge >= 0.3 is 6.36 Å². The zero-order valence-electron chi connectivity index (χ0n) is 8.06. The van der Waals surface area contributed by atoms with E-state index in [1.807, 2.05) is 0 Å². The van der Waals surface area contributed by atoms with Crippen molar-refractivity contribution in [3.8, 4) is 5.75 Å². The molecule has 0 atom stereocenters. The van der Waals surface area contributed by atoms with Crippen LogP contribution in [0.1, 0.15) is 17.7 Å². The third-order valence-corrected chi connectivity index (χ3v) is 2.24. The molecule has 0 fully saturated rings. The Labute approximate surface area is 106 Å². The van der Waals surface area contributed by atoms with E-state index in [1.54, 1.807) is 22.6 Å². The van der Waals surface area contributed by atoms with Gasteiger partial charge in [0, 0.05) is 12.1 Å². The molecule has 1 aromatic rings.